The molecule has 1 aromatic carbocycles. The maximum atomic E-state index is 13.6. The van der Waals surface area contributed by atoms with Crippen LogP contribution in [0.25, 0.3) is 22.0 Å². The Morgan fingerprint density at radius 1 is 1.12 bits per heavy atom. The third-order valence-corrected chi connectivity index (χ3v) is 8.10. The largest absolute Gasteiger partial charge is 0.378 e. The van der Waals surface area contributed by atoms with Gasteiger partial charge in [0.2, 0.25) is 10.0 Å². The molecule has 1 aliphatic carbocycles. The third-order valence-electron chi connectivity index (χ3n) is 6.54. The van der Waals surface area contributed by atoms with Crippen LogP contribution in [0.3, 0.4) is 0 Å². The predicted molar refractivity (Wildman–Crippen MR) is 125 cm³/mol. The van der Waals surface area contributed by atoms with Crippen molar-refractivity contribution in [3.63, 3.8) is 0 Å². The molecular weight excluding hydrogens is 444 g/mol. The van der Waals surface area contributed by atoms with Crippen LogP contribution >= 0.6 is 0 Å². The number of H-pyrrole nitrogens is 1. The Morgan fingerprint density at radius 3 is 2.52 bits per heavy atom. The highest BCUT2D eigenvalue weighted by Gasteiger charge is 2.27. The Labute approximate surface area is 192 Å². The Kier molecular flexibility index (Phi) is 5.75. The molecule has 0 radical (unpaired) electrons. The van der Waals surface area contributed by atoms with Crippen molar-refractivity contribution in [1.82, 2.24) is 14.9 Å². The summed E-state index contributed by atoms with van der Waals surface area (Å²) in [7, 11) is -3.84. The lowest BCUT2D eigenvalue weighted by atomic mass is 10.0. The zero-order valence-corrected chi connectivity index (χ0v) is 19.6. The number of nitrogens with one attached hydrogen (secondary N) is 2. The number of sulfonamides is 1. The second kappa shape index (κ2) is 8.58. The molecule has 9 nitrogen and oxygen atoms in total. The number of nitrogens with zero attached hydrogens (tertiary/aromatic N) is 2. The average molecular weight is 473 g/mol. The molecule has 33 heavy (non-hydrogen) atoms. The van der Waals surface area contributed by atoms with Crippen molar-refractivity contribution >= 4 is 26.6 Å². The van der Waals surface area contributed by atoms with Crippen molar-refractivity contribution in [3.05, 3.63) is 40.0 Å². The van der Waals surface area contributed by atoms with Crippen LogP contribution in [-0.4, -0.2) is 50.9 Å². The van der Waals surface area contributed by atoms with Gasteiger partial charge < -0.3 is 19.1 Å². The third kappa shape index (κ3) is 4.18. The normalized spacial score (nSPS) is 17.8. The number of anilines is 1. The van der Waals surface area contributed by atoms with E-state index in [-0.39, 0.29) is 16.5 Å². The molecule has 2 N–H and O–H groups in total. The topological polar surface area (TPSA) is 118 Å². The number of rotatable bonds is 5. The van der Waals surface area contributed by atoms with E-state index in [4.69, 9.17) is 9.26 Å². The van der Waals surface area contributed by atoms with Gasteiger partial charge in [-0.3, -0.25) is 4.79 Å². The number of aryl methyl sites for hydroxylation is 2. The quantitative estimate of drug-likeness (QED) is 0.586. The molecule has 176 valence electrons. The van der Waals surface area contributed by atoms with Crippen molar-refractivity contribution in [2.75, 3.05) is 31.2 Å². The smallest absolute Gasteiger partial charge is 0.271 e. The van der Waals surface area contributed by atoms with E-state index < -0.39 is 10.0 Å². The van der Waals surface area contributed by atoms with Gasteiger partial charge in [-0.2, -0.15) is 0 Å². The zero-order chi connectivity index (χ0) is 23.2. The summed E-state index contributed by atoms with van der Waals surface area (Å²) in [6, 6.07) is 5.07. The zero-order valence-electron chi connectivity index (χ0n) is 18.8. The monoisotopic (exact) mass is 472 g/mol. The first-order valence-corrected chi connectivity index (χ1v) is 12.8. The van der Waals surface area contributed by atoms with Crippen molar-refractivity contribution in [2.45, 2.75) is 50.5 Å². The van der Waals surface area contributed by atoms with Crippen LogP contribution < -0.4 is 15.2 Å². The number of benzene rings is 1. The van der Waals surface area contributed by atoms with E-state index in [1.807, 2.05) is 11.8 Å². The fraction of sp³-hybridized carbons (Fsp3) is 0.478. The molecule has 2 fully saturated rings. The molecule has 2 aliphatic rings. The first-order valence-electron chi connectivity index (χ1n) is 11.3. The van der Waals surface area contributed by atoms with Gasteiger partial charge in [0.1, 0.15) is 11.4 Å². The highest BCUT2D eigenvalue weighted by Crippen LogP contribution is 2.34. The number of hydrogen-bond acceptors (Lipinski definition) is 7. The molecule has 10 heteroatoms. The summed E-state index contributed by atoms with van der Waals surface area (Å²) in [4.78, 5) is 18.0. The van der Waals surface area contributed by atoms with Gasteiger partial charge in [0.25, 0.3) is 5.56 Å². The number of aromatic amines is 1. The molecule has 1 saturated carbocycles. The molecule has 0 amide bonds. The number of morpholine rings is 1. The number of fused-ring (bicyclic) bond motifs is 1. The van der Waals surface area contributed by atoms with E-state index in [1.165, 1.54) is 0 Å². The van der Waals surface area contributed by atoms with Crippen LogP contribution in [-0.2, 0) is 14.8 Å². The standard InChI is InChI=1S/C23H28N4O5S/c1-14-22(15(2)32-25-14)16-11-19-18(13-20(23(28)24-19)27-7-9-31-10-8-27)21(12-16)33(29,30)26-17-5-3-4-6-17/h11-13,17,26H,3-10H2,1-2H3,(H,24,28). The average Bonchev–Trinajstić information content (AvgIpc) is 3.41. The summed E-state index contributed by atoms with van der Waals surface area (Å²) in [5.74, 6) is 0.589. The highest BCUT2D eigenvalue weighted by molar-refractivity contribution is 7.89. The van der Waals surface area contributed by atoms with Gasteiger partial charge in [-0.15, -0.1) is 0 Å². The minimum Gasteiger partial charge on any atom is -0.378 e. The fourth-order valence-electron chi connectivity index (χ4n) is 4.90. The Balaban J connectivity index is 1.72. The molecule has 0 atom stereocenters. The van der Waals surface area contributed by atoms with Gasteiger partial charge in [0, 0.05) is 30.1 Å². The summed E-state index contributed by atoms with van der Waals surface area (Å²) in [6.45, 7) is 5.80. The van der Waals surface area contributed by atoms with E-state index >= 15 is 0 Å². The van der Waals surface area contributed by atoms with Gasteiger partial charge in [0.15, 0.2) is 0 Å². The Hall–Kier alpha value is -2.69. The van der Waals surface area contributed by atoms with E-state index in [1.54, 1.807) is 25.1 Å². The maximum absolute atomic E-state index is 13.6. The Morgan fingerprint density at radius 2 is 1.85 bits per heavy atom. The minimum atomic E-state index is -3.84. The van der Waals surface area contributed by atoms with Crippen LogP contribution in [0.1, 0.15) is 37.1 Å². The SMILES string of the molecule is Cc1noc(C)c1-c1cc(S(=O)(=O)NC2CCCC2)c2cc(N3CCOCC3)c(=O)[nH]c2c1. The van der Waals surface area contributed by atoms with Crippen molar-refractivity contribution in [1.29, 1.82) is 0 Å². The molecule has 0 spiro atoms. The van der Waals surface area contributed by atoms with E-state index in [0.717, 1.165) is 31.2 Å². The van der Waals surface area contributed by atoms with Gasteiger partial charge in [-0.25, -0.2) is 13.1 Å². The van der Waals surface area contributed by atoms with Crippen molar-refractivity contribution in [2.24, 2.45) is 0 Å². The summed E-state index contributed by atoms with van der Waals surface area (Å²) < 4.78 is 40.8. The maximum Gasteiger partial charge on any atom is 0.271 e. The Bertz CT molecular complexity index is 1330. The number of aromatic nitrogens is 2. The number of hydrogen-bond donors (Lipinski definition) is 2. The lowest BCUT2D eigenvalue weighted by Gasteiger charge is -2.28. The summed E-state index contributed by atoms with van der Waals surface area (Å²) >= 11 is 0. The van der Waals surface area contributed by atoms with Gasteiger partial charge in [-0.1, -0.05) is 18.0 Å². The van der Waals surface area contributed by atoms with Crippen LogP contribution in [0.5, 0.6) is 0 Å². The van der Waals surface area contributed by atoms with Crippen LogP contribution in [0.15, 0.2) is 32.4 Å². The summed E-state index contributed by atoms with van der Waals surface area (Å²) in [5, 5.41) is 4.49. The molecule has 1 aliphatic heterocycles. The number of pyridine rings is 1. The molecule has 1 saturated heterocycles. The molecule has 0 unspecified atom stereocenters. The minimum absolute atomic E-state index is 0.0748. The molecule has 3 aromatic rings. The van der Waals surface area contributed by atoms with Crippen molar-refractivity contribution in [3.8, 4) is 11.1 Å². The van der Waals surface area contributed by atoms with Gasteiger partial charge in [-0.05, 0) is 50.5 Å². The molecule has 3 heterocycles. The molecule has 2 aromatic heterocycles. The van der Waals surface area contributed by atoms with E-state index in [2.05, 4.69) is 14.9 Å². The van der Waals surface area contributed by atoms with Crippen LogP contribution in [0.4, 0.5) is 5.69 Å². The lowest BCUT2D eigenvalue weighted by molar-refractivity contribution is 0.122. The summed E-state index contributed by atoms with van der Waals surface area (Å²) in [6.07, 6.45) is 3.69. The molecule has 5 rings (SSSR count). The fourth-order valence-corrected chi connectivity index (χ4v) is 6.44. The van der Waals surface area contributed by atoms with Crippen LogP contribution in [0.2, 0.25) is 0 Å². The van der Waals surface area contributed by atoms with Crippen molar-refractivity contribution < 1.29 is 17.7 Å². The first kappa shape index (κ1) is 22.1. The first-order chi connectivity index (χ1) is 15.8. The highest BCUT2D eigenvalue weighted by atomic mass is 32.2. The predicted octanol–water partition coefficient (Wildman–Crippen LogP) is 2.86. The number of ether oxygens (including phenoxy) is 1. The lowest BCUT2D eigenvalue weighted by Crippen LogP contribution is -2.39. The summed E-state index contributed by atoms with van der Waals surface area (Å²) in [5.41, 5.74) is 2.68. The van der Waals surface area contributed by atoms with E-state index in [0.29, 0.717) is 59.9 Å². The van der Waals surface area contributed by atoms with E-state index in [9.17, 15) is 13.2 Å². The molecular formula is C23H28N4O5S. The van der Waals surface area contributed by atoms with Gasteiger partial charge >= 0.3 is 0 Å². The molecule has 0 bridgehead atoms. The van der Waals surface area contributed by atoms with Gasteiger partial charge in [0.05, 0.1) is 29.3 Å². The van der Waals surface area contributed by atoms with Crippen LogP contribution in [0, 0.1) is 13.8 Å². The second-order valence-corrected chi connectivity index (χ2v) is 10.5. The second-order valence-electron chi connectivity index (χ2n) is 8.82.